The van der Waals surface area contributed by atoms with Gasteiger partial charge >= 0.3 is 0 Å². The van der Waals surface area contributed by atoms with Gasteiger partial charge in [0.25, 0.3) is 0 Å². The van der Waals surface area contributed by atoms with Crippen molar-refractivity contribution in [3.63, 3.8) is 0 Å². The van der Waals surface area contributed by atoms with E-state index < -0.39 is 0 Å². The summed E-state index contributed by atoms with van der Waals surface area (Å²) in [6, 6.07) is 1.64. The second-order valence-corrected chi connectivity index (χ2v) is 4.80. The van der Waals surface area contributed by atoms with E-state index in [1.54, 1.807) is 18.5 Å². The van der Waals surface area contributed by atoms with Gasteiger partial charge in [0.05, 0.1) is 17.2 Å². The number of hydrogen-bond acceptors (Lipinski definition) is 5. The maximum absolute atomic E-state index is 6.20. The topological polar surface area (TPSA) is 59.9 Å². The molecular formula is C13H14Cl2N4O. The summed E-state index contributed by atoms with van der Waals surface area (Å²) in [4.78, 5) is 12.7. The van der Waals surface area contributed by atoms with Crippen LogP contribution in [-0.4, -0.2) is 28.6 Å². The highest BCUT2D eigenvalue weighted by Gasteiger charge is 2.16. The van der Waals surface area contributed by atoms with Crippen LogP contribution in [0, 0.1) is 0 Å². The Hall–Kier alpha value is -1.59. The molecule has 0 radical (unpaired) electrons. The van der Waals surface area contributed by atoms with E-state index in [0.717, 1.165) is 13.0 Å². The van der Waals surface area contributed by atoms with Crippen LogP contribution < -0.4 is 10.1 Å². The van der Waals surface area contributed by atoms with Gasteiger partial charge in [-0.25, -0.2) is 15.0 Å². The minimum absolute atomic E-state index is 0.366. The number of ether oxygens (including phenoxy) is 1. The lowest BCUT2D eigenvalue weighted by atomic mass is 10.2. The lowest BCUT2D eigenvalue weighted by Crippen LogP contribution is -2.04. The molecule has 106 valence electrons. The third kappa shape index (κ3) is 3.11. The lowest BCUT2D eigenvalue weighted by Gasteiger charge is -2.11. The van der Waals surface area contributed by atoms with Gasteiger partial charge in [0.15, 0.2) is 5.69 Å². The predicted octanol–water partition coefficient (Wildman–Crippen LogP) is 3.68. The van der Waals surface area contributed by atoms with Crippen LogP contribution in [0.25, 0.3) is 11.4 Å². The molecule has 2 aromatic rings. The van der Waals surface area contributed by atoms with Gasteiger partial charge in [-0.15, -0.1) is 0 Å². The number of aromatic nitrogens is 3. The standard InChI is InChI=1S/C13H14Cl2N4O/c1-3-4-17-12-9(15)7-8(14)10(19-12)11-13(20-2)18-6-5-16-11/h5-7H,3-4H2,1-2H3,(H,17,19). The zero-order chi connectivity index (χ0) is 14.5. The van der Waals surface area contributed by atoms with Crippen LogP contribution in [0.5, 0.6) is 5.88 Å². The summed E-state index contributed by atoms with van der Waals surface area (Å²) in [7, 11) is 1.52. The zero-order valence-electron chi connectivity index (χ0n) is 11.2. The van der Waals surface area contributed by atoms with E-state index in [4.69, 9.17) is 27.9 Å². The molecule has 7 heteroatoms. The van der Waals surface area contributed by atoms with E-state index in [-0.39, 0.29) is 0 Å². The Morgan fingerprint density at radius 3 is 2.60 bits per heavy atom. The molecule has 0 amide bonds. The first-order chi connectivity index (χ1) is 9.67. The molecule has 0 fully saturated rings. The van der Waals surface area contributed by atoms with Crippen molar-refractivity contribution in [2.75, 3.05) is 19.0 Å². The van der Waals surface area contributed by atoms with Crippen LogP contribution in [0.3, 0.4) is 0 Å². The molecule has 0 unspecified atom stereocenters. The molecule has 20 heavy (non-hydrogen) atoms. The Morgan fingerprint density at radius 1 is 1.15 bits per heavy atom. The number of anilines is 1. The van der Waals surface area contributed by atoms with Crippen molar-refractivity contribution in [2.24, 2.45) is 0 Å². The molecule has 2 rings (SSSR count). The van der Waals surface area contributed by atoms with Gasteiger partial charge in [-0.05, 0) is 12.5 Å². The quantitative estimate of drug-likeness (QED) is 0.912. The third-order valence-electron chi connectivity index (χ3n) is 2.55. The van der Waals surface area contributed by atoms with Gasteiger partial charge in [-0.2, -0.15) is 0 Å². The molecule has 0 aromatic carbocycles. The maximum Gasteiger partial charge on any atom is 0.242 e. The largest absolute Gasteiger partial charge is 0.479 e. The van der Waals surface area contributed by atoms with Crippen molar-refractivity contribution in [2.45, 2.75) is 13.3 Å². The van der Waals surface area contributed by atoms with Crippen LogP contribution in [0.2, 0.25) is 10.0 Å². The van der Waals surface area contributed by atoms with Gasteiger partial charge in [-0.1, -0.05) is 30.1 Å². The van der Waals surface area contributed by atoms with Crippen molar-refractivity contribution in [1.29, 1.82) is 0 Å². The molecule has 0 spiro atoms. The molecular weight excluding hydrogens is 299 g/mol. The molecule has 0 aliphatic carbocycles. The predicted molar refractivity (Wildman–Crippen MR) is 80.6 cm³/mol. The molecule has 5 nitrogen and oxygen atoms in total. The van der Waals surface area contributed by atoms with Gasteiger partial charge < -0.3 is 10.1 Å². The van der Waals surface area contributed by atoms with E-state index in [2.05, 4.69) is 27.2 Å². The smallest absolute Gasteiger partial charge is 0.242 e. The fourth-order valence-electron chi connectivity index (χ4n) is 1.64. The van der Waals surface area contributed by atoms with Crippen molar-refractivity contribution in [3.8, 4) is 17.3 Å². The third-order valence-corrected chi connectivity index (χ3v) is 3.13. The number of pyridine rings is 1. The van der Waals surface area contributed by atoms with Crippen molar-refractivity contribution in [1.82, 2.24) is 15.0 Å². The Balaban J connectivity index is 2.50. The van der Waals surface area contributed by atoms with E-state index in [1.807, 2.05) is 0 Å². The molecule has 1 N–H and O–H groups in total. The van der Waals surface area contributed by atoms with Crippen molar-refractivity contribution >= 4 is 29.0 Å². The fraction of sp³-hybridized carbons (Fsp3) is 0.308. The van der Waals surface area contributed by atoms with E-state index in [1.165, 1.54) is 7.11 Å². The summed E-state index contributed by atoms with van der Waals surface area (Å²) in [6.45, 7) is 2.83. The van der Waals surface area contributed by atoms with Crippen LogP contribution in [0.15, 0.2) is 18.5 Å². The van der Waals surface area contributed by atoms with Gasteiger partial charge in [0.2, 0.25) is 5.88 Å². The monoisotopic (exact) mass is 312 g/mol. The van der Waals surface area contributed by atoms with Crippen LogP contribution in [-0.2, 0) is 0 Å². The summed E-state index contributed by atoms with van der Waals surface area (Å²) in [6.07, 6.45) is 4.07. The first kappa shape index (κ1) is 14.8. The van der Waals surface area contributed by atoms with Crippen molar-refractivity contribution < 1.29 is 4.74 Å². The van der Waals surface area contributed by atoms with Crippen LogP contribution in [0.4, 0.5) is 5.82 Å². The summed E-state index contributed by atoms with van der Waals surface area (Å²) in [5.74, 6) is 0.936. The van der Waals surface area contributed by atoms with Gasteiger partial charge in [0, 0.05) is 18.9 Å². The van der Waals surface area contributed by atoms with E-state index in [9.17, 15) is 0 Å². The first-order valence-corrected chi connectivity index (χ1v) is 6.88. The number of rotatable bonds is 5. The second kappa shape index (κ2) is 6.72. The Labute approximate surface area is 127 Å². The van der Waals surface area contributed by atoms with Crippen molar-refractivity contribution in [3.05, 3.63) is 28.5 Å². The summed E-state index contributed by atoms with van der Waals surface area (Å²) in [5, 5.41) is 4.01. The summed E-state index contributed by atoms with van der Waals surface area (Å²) < 4.78 is 5.18. The zero-order valence-corrected chi connectivity index (χ0v) is 12.7. The summed E-state index contributed by atoms with van der Waals surface area (Å²) in [5.41, 5.74) is 0.968. The highest BCUT2D eigenvalue weighted by molar-refractivity contribution is 6.37. The molecule has 0 aliphatic heterocycles. The van der Waals surface area contributed by atoms with E-state index in [0.29, 0.717) is 33.1 Å². The van der Waals surface area contributed by atoms with Crippen LogP contribution >= 0.6 is 23.2 Å². The van der Waals surface area contributed by atoms with Gasteiger partial charge in [-0.3, -0.25) is 0 Å². The Morgan fingerprint density at radius 2 is 1.90 bits per heavy atom. The minimum atomic E-state index is 0.366. The molecule has 2 aromatic heterocycles. The Kier molecular flexibility index (Phi) is 4.98. The van der Waals surface area contributed by atoms with E-state index >= 15 is 0 Å². The Bertz CT molecular complexity index is 607. The lowest BCUT2D eigenvalue weighted by molar-refractivity contribution is 0.397. The molecule has 0 saturated heterocycles. The molecule has 0 aliphatic rings. The fourth-order valence-corrected chi connectivity index (χ4v) is 2.15. The van der Waals surface area contributed by atoms with Gasteiger partial charge in [0.1, 0.15) is 11.5 Å². The first-order valence-electron chi connectivity index (χ1n) is 6.12. The highest BCUT2D eigenvalue weighted by atomic mass is 35.5. The number of nitrogens with zero attached hydrogens (tertiary/aromatic N) is 3. The normalized spacial score (nSPS) is 10.4. The molecule has 0 atom stereocenters. The SMILES string of the molecule is CCCNc1nc(-c2nccnc2OC)c(Cl)cc1Cl. The highest BCUT2D eigenvalue weighted by Crippen LogP contribution is 2.34. The average molecular weight is 313 g/mol. The molecule has 2 heterocycles. The average Bonchev–Trinajstić information content (AvgIpc) is 2.46. The number of hydrogen-bond donors (Lipinski definition) is 1. The molecule has 0 saturated carbocycles. The van der Waals surface area contributed by atoms with Crippen LogP contribution in [0.1, 0.15) is 13.3 Å². The second-order valence-electron chi connectivity index (χ2n) is 3.99. The number of nitrogens with one attached hydrogen (secondary N) is 1. The number of halogens is 2. The summed E-state index contributed by atoms with van der Waals surface area (Å²) >= 11 is 12.3. The number of methoxy groups -OCH3 is 1. The minimum Gasteiger partial charge on any atom is -0.479 e. The molecule has 0 bridgehead atoms. The maximum atomic E-state index is 6.20.